The van der Waals surface area contributed by atoms with Crippen molar-refractivity contribution in [3.05, 3.63) is 40.3 Å². The van der Waals surface area contributed by atoms with Gasteiger partial charge in [-0.2, -0.15) is 0 Å². The molecule has 22 heavy (non-hydrogen) atoms. The van der Waals surface area contributed by atoms with Gasteiger partial charge in [0.25, 0.3) is 0 Å². The maximum Gasteiger partial charge on any atom is 0.150 e. The molecule has 0 aromatic heterocycles. The molecule has 0 saturated carbocycles. The highest BCUT2D eigenvalue weighted by Gasteiger charge is 2.33. The molecule has 1 aromatic rings. The number of methoxy groups -OCH3 is 1. The number of azide groups is 1. The third-order valence-electron chi connectivity index (χ3n) is 3.73. The highest BCUT2D eigenvalue weighted by molar-refractivity contribution is 5.49. The SMILES string of the molecule is CO[C@H](c1ccc(N2CC(F)C(F)C2)cc1)[C@@H](CF)N=[N+]=[N-]. The molecule has 1 heterocycles. The smallest absolute Gasteiger partial charge is 0.150 e. The Kier molecular flexibility index (Phi) is 5.51. The number of rotatable bonds is 6. The zero-order chi connectivity index (χ0) is 16.1. The van der Waals surface area contributed by atoms with Crippen molar-refractivity contribution >= 4 is 5.69 Å². The minimum atomic E-state index is -1.48. The molecular weight excluding hydrogens is 297 g/mol. The van der Waals surface area contributed by atoms with E-state index in [0.717, 1.165) is 0 Å². The summed E-state index contributed by atoms with van der Waals surface area (Å²) in [5.74, 6) is 0. The Labute approximate surface area is 126 Å². The Morgan fingerprint density at radius 3 is 2.36 bits per heavy atom. The molecule has 1 aliphatic rings. The van der Waals surface area contributed by atoms with Gasteiger partial charge in [-0.25, -0.2) is 8.78 Å². The van der Waals surface area contributed by atoms with E-state index in [0.29, 0.717) is 11.3 Å². The summed E-state index contributed by atoms with van der Waals surface area (Å²) in [7, 11) is 1.40. The predicted molar refractivity (Wildman–Crippen MR) is 77.1 cm³/mol. The van der Waals surface area contributed by atoms with E-state index >= 15 is 0 Å². The molecule has 1 aliphatic heterocycles. The standard InChI is InChI=1S/C14H17F3N4O/c1-22-14(13(6-15)19-20-18)9-2-4-10(5-3-9)21-7-11(16)12(17)8-21/h2-5,11-14H,6-8H2,1H3/t11?,12?,13-,14-/m1/s1. The molecule has 1 saturated heterocycles. The summed E-state index contributed by atoms with van der Waals surface area (Å²) >= 11 is 0. The number of halogens is 3. The van der Waals surface area contributed by atoms with Crippen LogP contribution in [0.5, 0.6) is 0 Å². The van der Waals surface area contributed by atoms with E-state index in [4.69, 9.17) is 10.3 Å². The second kappa shape index (κ2) is 7.38. The summed E-state index contributed by atoms with van der Waals surface area (Å²) in [5, 5.41) is 3.38. The van der Waals surface area contributed by atoms with E-state index in [1.165, 1.54) is 7.11 Å². The Balaban J connectivity index is 2.15. The number of hydrogen-bond donors (Lipinski definition) is 0. The molecule has 120 valence electrons. The number of alkyl halides is 3. The minimum absolute atomic E-state index is 0.0139. The number of benzene rings is 1. The van der Waals surface area contributed by atoms with Crippen molar-refractivity contribution in [2.75, 3.05) is 31.8 Å². The van der Waals surface area contributed by atoms with Gasteiger partial charge in [-0.15, -0.1) is 0 Å². The molecule has 1 fully saturated rings. The van der Waals surface area contributed by atoms with Crippen molar-refractivity contribution < 1.29 is 17.9 Å². The lowest BCUT2D eigenvalue weighted by atomic mass is 10.0. The van der Waals surface area contributed by atoms with Crippen LogP contribution in [0.4, 0.5) is 18.9 Å². The van der Waals surface area contributed by atoms with Crippen LogP contribution < -0.4 is 4.90 Å². The minimum Gasteiger partial charge on any atom is -0.376 e. The van der Waals surface area contributed by atoms with Gasteiger partial charge in [0.1, 0.15) is 6.67 Å². The van der Waals surface area contributed by atoms with Crippen LogP contribution in [0.25, 0.3) is 10.4 Å². The fraction of sp³-hybridized carbons (Fsp3) is 0.571. The molecule has 1 aromatic carbocycles. The van der Waals surface area contributed by atoms with Crippen LogP contribution in [0.3, 0.4) is 0 Å². The molecule has 0 amide bonds. The molecule has 0 aliphatic carbocycles. The van der Waals surface area contributed by atoms with Crippen LogP contribution in [-0.4, -0.2) is 45.3 Å². The summed E-state index contributed by atoms with van der Waals surface area (Å²) in [5.41, 5.74) is 9.77. The summed E-state index contributed by atoms with van der Waals surface area (Å²) < 4.78 is 44.6. The number of hydrogen-bond acceptors (Lipinski definition) is 3. The molecule has 4 atom stereocenters. The van der Waals surface area contributed by atoms with E-state index in [9.17, 15) is 13.2 Å². The lowest BCUT2D eigenvalue weighted by Gasteiger charge is -2.22. The summed E-state index contributed by atoms with van der Waals surface area (Å²) in [6.45, 7) is -0.816. The topological polar surface area (TPSA) is 61.2 Å². The first kappa shape index (κ1) is 16.5. The first-order valence-electron chi connectivity index (χ1n) is 6.86. The van der Waals surface area contributed by atoms with Gasteiger partial charge in [0.2, 0.25) is 0 Å². The van der Waals surface area contributed by atoms with E-state index in [1.807, 2.05) is 0 Å². The zero-order valence-electron chi connectivity index (χ0n) is 12.1. The molecule has 2 unspecified atom stereocenters. The van der Waals surface area contributed by atoms with E-state index in [-0.39, 0.29) is 13.1 Å². The Morgan fingerprint density at radius 2 is 1.91 bits per heavy atom. The lowest BCUT2D eigenvalue weighted by molar-refractivity contribution is 0.0722. The van der Waals surface area contributed by atoms with Crippen molar-refractivity contribution in [2.45, 2.75) is 24.5 Å². The number of anilines is 1. The highest BCUT2D eigenvalue weighted by atomic mass is 19.2. The molecule has 0 radical (unpaired) electrons. The molecular formula is C14H17F3N4O. The monoisotopic (exact) mass is 314 g/mol. The van der Waals surface area contributed by atoms with Crippen LogP contribution in [0, 0.1) is 0 Å². The van der Waals surface area contributed by atoms with Crippen LogP contribution >= 0.6 is 0 Å². The Morgan fingerprint density at radius 1 is 1.32 bits per heavy atom. The van der Waals surface area contributed by atoms with Gasteiger partial charge < -0.3 is 9.64 Å². The van der Waals surface area contributed by atoms with Crippen LogP contribution in [-0.2, 0) is 4.74 Å². The molecule has 0 spiro atoms. The average Bonchev–Trinajstić information content (AvgIpc) is 2.87. The lowest BCUT2D eigenvalue weighted by Crippen LogP contribution is -2.22. The predicted octanol–water partition coefficient (Wildman–Crippen LogP) is 3.52. The van der Waals surface area contributed by atoms with Crippen molar-refractivity contribution in [1.29, 1.82) is 0 Å². The highest BCUT2D eigenvalue weighted by Crippen LogP contribution is 2.28. The quantitative estimate of drug-likeness (QED) is 0.458. The van der Waals surface area contributed by atoms with Crippen LogP contribution in [0.2, 0.25) is 0 Å². The maximum absolute atomic E-state index is 13.2. The van der Waals surface area contributed by atoms with Gasteiger partial charge >= 0.3 is 0 Å². The summed E-state index contributed by atoms with van der Waals surface area (Å²) in [6, 6.07) is 5.78. The van der Waals surface area contributed by atoms with E-state index in [2.05, 4.69) is 10.0 Å². The van der Waals surface area contributed by atoms with E-state index in [1.54, 1.807) is 29.2 Å². The molecule has 5 nitrogen and oxygen atoms in total. The fourth-order valence-corrected chi connectivity index (χ4v) is 2.56. The van der Waals surface area contributed by atoms with Crippen LogP contribution in [0.15, 0.2) is 29.4 Å². The van der Waals surface area contributed by atoms with Crippen LogP contribution in [0.1, 0.15) is 11.7 Å². The Hall–Kier alpha value is -1.92. The number of nitrogens with zero attached hydrogens (tertiary/aromatic N) is 4. The van der Waals surface area contributed by atoms with Gasteiger partial charge in [-0.1, -0.05) is 17.2 Å². The van der Waals surface area contributed by atoms with Crippen molar-refractivity contribution in [1.82, 2.24) is 0 Å². The normalized spacial score (nSPS) is 23.9. The van der Waals surface area contributed by atoms with Gasteiger partial charge in [-0.3, -0.25) is 4.39 Å². The van der Waals surface area contributed by atoms with Gasteiger partial charge in [0.15, 0.2) is 12.3 Å². The molecule has 0 bridgehead atoms. The third kappa shape index (κ3) is 3.45. The van der Waals surface area contributed by atoms with E-state index < -0.39 is 31.2 Å². The molecule has 2 rings (SSSR count). The first-order chi connectivity index (χ1) is 10.6. The van der Waals surface area contributed by atoms with Gasteiger partial charge in [0, 0.05) is 17.7 Å². The molecule has 0 N–H and O–H groups in total. The van der Waals surface area contributed by atoms with Crippen molar-refractivity contribution in [2.24, 2.45) is 5.11 Å². The summed E-state index contributed by atoms with van der Waals surface area (Å²) in [4.78, 5) is 4.22. The average molecular weight is 314 g/mol. The first-order valence-corrected chi connectivity index (χ1v) is 6.86. The molecule has 8 heteroatoms. The van der Waals surface area contributed by atoms with Gasteiger partial charge in [0.05, 0.1) is 25.2 Å². The maximum atomic E-state index is 13.2. The third-order valence-corrected chi connectivity index (χ3v) is 3.73. The van der Waals surface area contributed by atoms with Crippen molar-refractivity contribution in [3.8, 4) is 0 Å². The second-order valence-corrected chi connectivity index (χ2v) is 5.11. The largest absolute Gasteiger partial charge is 0.376 e. The van der Waals surface area contributed by atoms with Gasteiger partial charge in [-0.05, 0) is 23.2 Å². The summed E-state index contributed by atoms with van der Waals surface area (Å²) in [6.07, 6.45) is -3.67. The van der Waals surface area contributed by atoms with Crippen molar-refractivity contribution in [3.63, 3.8) is 0 Å². The number of ether oxygens (including phenoxy) is 1. The zero-order valence-corrected chi connectivity index (χ0v) is 12.1. The fourth-order valence-electron chi connectivity index (χ4n) is 2.56. The second-order valence-electron chi connectivity index (χ2n) is 5.11. The Bertz CT molecular complexity index is 525.